The molecule has 0 saturated carbocycles. The van der Waals surface area contributed by atoms with E-state index in [2.05, 4.69) is 10.6 Å². The van der Waals surface area contributed by atoms with Crippen molar-refractivity contribution >= 4 is 63.5 Å². The Labute approximate surface area is 341 Å². The third kappa shape index (κ3) is 8.42. The number of pyridine rings is 1. The highest BCUT2D eigenvalue weighted by Crippen LogP contribution is 2.42. The average Bonchev–Trinajstić information content (AvgIpc) is 3.45. The van der Waals surface area contributed by atoms with Crippen LogP contribution in [0.1, 0.15) is 82.5 Å². The number of dihydropyridines is 1. The van der Waals surface area contributed by atoms with Crippen LogP contribution in [-0.2, 0) is 36.6 Å². The molecule has 296 valence electrons. The summed E-state index contributed by atoms with van der Waals surface area (Å²) in [7, 11) is 1.26. The monoisotopic (exact) mass is 810 g/mol. The second-order valence-electron chi connectivity index (χ2n) is 14.3. The van der Waals surface area contributed by atoms with E-state index in [9.17, 15) is 19.2 Å². The molecule has 2 N–H and O–H groups in total. The van der Waals surface area contributed by atoms with Gasteiger partial charge in [0.2, 0.25) is 0 Å². The van der Waals surface area contributed by atoms with E-state index in [1.165, 1.54) is 12.7 Å². The van der Waals surface area contributed by atoms with E-state index in [0.717, 1.165) is 72.3 Å². The lowest BCUT2D eigenvalue weighted by Crippen LogP contribution is -2.36. The fraction of sp³-hybridized carbons (Fsp3) is 0.341. The first-order valence-electron chi connectivity index (χ1n) is 19.3. The zero-order chi connectivity index (χ0) is 40.1. The number of allylic oxidation sites excluding steroid dienone is 1. The molecule has 2 aliphatic heterocycles. The number of ether oxygens (including phenoxy) is 3. The largest absolute Gasteiger partial charge is 0.466 e. The molecule has 0 saturated heterocycles. The molecule has 1 atom stereocenters. The third-order valence-electron chi connectivity index (χ3n) is 10.7. The van der Waals surface area contributed by atoms with Crippen molar-refractivity contribution in [1.29, 1.82) is 0 Å². The van der Waals surface area contributed by atoms with E-state index in [4.69, 9.17) is 42.4 Å². The van der Waals surface area contributed by atoms with Crippen molar-refractivity contribution in [2.24, 2.45) is 0 Å². The molecule has 57 heavy (non-hydrogen) atoms. The summed E-state index contributed by atoms with van der Waals surface area (Å²) in [5.41, 5.74) is 6.91. The van der Waals surface area contributed by atoms with Crippen LogP contribution in [0, 0.1) is 0 Å². The Morgan fingerprint density at radius 1 is 0.895 bits per heavy atom. The van der Waals surface area contributed by atoms with E-state index in [1.807, 2.05) is 18.2 Å². The first-order chi connectivity index (χ1) is 27.7. The maximum Gasteiger partial charge on any atom is 0.336 e. The molecule has 3 aromatic carbocycles. The normalized spacial score (nSPS) is 16.4. The maximum absolute atomic E-state index is 13.9. The van der Waals surface area contributed by atoms with Crippen molar-refractivity contribution in [1.82, 2.24) is 15.2 Å². The number of hydrogen-bond acceptors (Lipinski definition) is 10. The number of imide groups is 1. The first-order valence-corrected chi connectivity index (χ1v) is 20.0. The molecule has 3 aliphatic rings. The van der Waals surface area contributed by atoms with E-state index in [0.29, 0.717) is 44.6 Å². The van der Waals surface area contributed by atoms with Gasteiger partial charge in [0.25, 0.3) is 11.8 Å². The van der Waals surface area contributed by atoms with Gasteiger partial charge in [0.15, 0.2) is 0 Å². The van der Waals surface area contributed by atoms with Gasteiger partial charge in [-0.1, -0.05) is 53.5 Å². The lowest BCUT2D eigenvalue weighted by Gasteiger charge is -2.31. The number of carbonyl (C=O) groups excluding carboxylic acids is 4. The number of rotatable bonds is 15. The smallest absolute Gasteiger partial charge is 0.336 e. The fourth-order valence-electron chi connectivity index (χ4n) is 7.88. The standard InChI is InChI=1S/C44H44Cl2N4O7/c1-26-37(44(54)57-22-11-3-10-20-47-40-31-15-7-9-17-34(31)49-35-24-27(45)18-19-32(35)40)38(30-14-6-8-16-33(30)46)39(43(53)55-2)36(48-26)25-56-23-21-50-41(51)28-12-4-5-13-29(28)42(50)52/h4-6,8,12-14,16,18-19,24,38,48H,3,7,9-11,15,17,20-23,25H2,1-2H3,(H,47,49). The van der Waals surface area contributed by atoms with Crippen LogP contribution in [0.5, 0.6) is 0 Å². The molecule has 0 spiro atoms. The van der Waals surface area contributed by atoms with Crippen LogP contribution in [0.15, 0.2) is 89.3 Å². The number of methoxy groups -OCH3 is 1. The summed E-state index contributed by atoms with van der Waals surface area (Å²) < 4.78 is 17.0. The van der Waals surface area contributed by atoms with E-state index in [1.54, 1.807) is 55.5 Å². The number of aryl methyl sites for hydroxylation is 1. The van der Waals surface area contributed by atoms with Gasteiger partial charge in [0.1, 0.15) is 0 Å². The number of benzene rings is 3. The van der Waals surface area contributed by atoms with Crippen molar-refractivity contribution in [2.45, 2.75) is 57.8 Å². The molecule has 0 bridgehead atoms. The molecule has 1 aromatic heterocycles. The molecule has 1 unspecified atom stereocenters. The summed E-state index contributed by atoms with van der Waals surface area (Å²) in [5.74, 6) is -2.95. The number of anilines is 1. The molecule has 0 fully saturated rings. The average molecular weight is 812 g/mol. The Kier molecular flexibility index (Phi) is 12.6. The molecule has 13 heteroatoms. The van der Waals surface area contributed by atoms with Crippen LogP contribution in [0.25, 0.3) is 10.9 Å². The number of amides is 2. The van der Waals surface area contributed by atoms with Crippen LogP contribution in [0.4, 0.5) is 5.69 Å². The topological polar surface area (TPSA) is 136 Å². The quantitative estimate of drug-likeness (QED) is 0.0692. The van der Waals surface area contributed by atoms with Crippen LogP contribution in [0.3, 0.4) is 0 Å². The van der Waals surface area contributed by atoms with Gasteiger partial charge >= 0.3 is 11.9 Å². The number of unbranched alkanes of at least 4 members (excludes halogenated alkanes) is 2. The Balaban J connectivity index is 0.991. The molecular formula is C44H44Cl2N4O7. The van der Waals surface area contributed by atoms with E-state index in [-0.39, 0.29) is 49.3 Å². The lowest BCUT2D eigenvalue weighted by atomic mass is 9.80. The minimum atomic E-state index is -0.921. The van der Waals surface area contributed by atoms with Gasteiger partial charge in [-0.25, -0.2) is 9.59 Å². The zero-order valence-corrected chi connectivity index (χ0v) is 33.4. The second kappa shape index (κ2) is 17.9. The van der Waals surface area contributed by atoms with Crippen LogP contribution < -0.4 is 10.6 Å². The molecule has 0 radical (unpaired) electrons. The SMILES string of the molecule is COC(=O)C1=C(COCCN2C(=O)c3ccccc3C2=O)NC(C)=C(C(=O)OCCCCCNc2c3c(nc4cc(Cl)ccc24)CCCC3)C1c1ccccc1Cl. The van der Waals surface area contributed by atoms with Gasteiger partial charge in [0, 0.05) is 39.1 Å². The van der Waals surface area contributed by atoms with E-state index < -0.39 is 17.9 Å². The predicted octanol–water partition coefficient (Wildman–Crippen LogP) is 7.95. The minimum Gasteiger partial charge on any atom is -0.466 e. The molecular weight excluding hydrogens is 767 g/mol. The second-order valence-corrected chi connectivity index (χ2v) is 15.1. The summed E-state index contributed by atoms with van der Waals surface area (Å²) in [5, 5.41) is 8.96. The molecule has 7 rings (SSSR count). The van der Waals surface area contributed by atoms with E-state index >= 15 is 0 Å². The summed E-state index contributed by atoms with van der Waals surface area (Å²) in [6.07, 6.45) is 6.56. The van der Waals surface area contributed by atoms with Gasteiger partial charge in [-0.05, 0) is 99.4 Å². The lowest BCUT2D eigenvalue weighted by molar-refractivity contribution is -0.139. The molecule has 4 aromatic rings. The van der Waals surface area contributed by atoms with Gasteiger partial charge < -0.3 is 24.8 Å². The summed E-state index contributed by atoms with van der Waals surface area (Å²) in [4.78, 5) is 59.2. The zero-order valence-electron chi connectivity index (χ0n) is 31.9. The number of halogens is 2. The summed E-state index contributed by atoms with van der Waals surface area (Å²) in [6, 6.07) is 19.5. The van der Waals surface area contributed by atoms with Crippen LogP contribution in [0.2, 0.25) is 10.0 Å². The summed E-state index contributed by atoms with van der Waals surface area (Å²) >= 11 is 13.0. The van der Waals surface area contributed by atoms with Gasteiger partial charge in [0.05, 0.1) is 72.9 Å². The minimum absolute atomic E-state index is 0.00522. The van der Waals surface area contributed by atoms with Crippen molar-refractivity contribution < 1.29 is 33.4 Å². The highest BCUT2D eigenvalue weighted by molar-refractivity contribution is 6.32. The fourth-order valence-corrected chi connectivity index (χ4v) is 8.30. The first kappa shape index (κ1) is 40.0. The Morgan fingerprint density at radius 2 is 1.63 bits per heavy atom. The van der Waals surface area contributed by atoms with Crippen LogP contribution >= 0.6 is 23.2 Å². The van der Waals surface area contributed by atoms with Crippen molar-refractivity contribution in [3.63, 3.8) is 0 Å². The Morgan fingerprint density at radius 3 is 2.39 bits per heavy atom. The van der Waals surface area contributed by atoms with Crippen molar-refractivity contribution in [2.75, 3.05) is 45.3 Å². The summed E-state index contributed by atoms with van der Waals surface area (Å²) in [6.45, 7) is 2.58. The predicted molar refractivity (Wildman–Crippen MR) is 218 cm³/mol. The van der Waals surface area contributed by atoms with Gasteiger partial charge in [-0.15, -0.1) is 0 Å². The number of hydrogen-bond donors (Lipinski definition) is 2. The van der Waals surface area contributed by atoms with Gasteiger partial charge in [-0.3, -0.25) is 19.5 Å². The molecule has 3 heterocycles. The molecule has 11 nitrogen and oxygen atoms in total. The van der Waals surface area contributed by atoms with Crippen molar-refractivity contribution in [3.8, 4) is 0 Å². The number of nitrogens with one attached hydrogen (secondary N) is 2. The maximum atomic E-state index is 13.9. The van der Waals surface area contributed by atoms with Crippen molar-refractivity contribution in [3.05, 3.63) is 127 Å². The number of fused-ring (bicyclic) bond motifs is 3. The Bertz CT molecular complexity index is 2270. The highest BCUT2D eigenvalue weighted by atomic mass is 35.5. The third-order valence-corrected chi connectivity index (χ3v) is 11.2. The number of esters is 2. The van der Waals surface area contributed by atoms with Gasteiger partial charge in [-0.2, -0.15) is 0 Å². The molecule has 2 amide bonds. The Hall–Kier alpha value is -5.23. The van der Waals surface area contributed by atoms with Crippen LogP contribution in [-0.4, -0.2) is 73.7 Å². The number of nitrogens with zero attached hydrogens (tertiary/aromatic N) is 2. The number of carbonyl (C=O) groups is 4. The molecule has 1 aliphatic carbocycles. The number of aromatic nitrogens is 1. The highest BCUT2D eigenvalue weighted by Gasteiger charge is 2.40.